The van der Waals surface area contributed by atoms with Crippen LogP contribution in [-0.4, -0.2) is 32.1 Å². The first-order chi connectivity index (χ1) is 7.06. The standard InChI is InChI=1S/C9H16N4O2/c1-3-4-7-8(9(10)15)11-12-13(7)5-6(2)14/h6,14H,3-5H2,1-2H3,(H2,10,15). The smallest absolute Gasteiger partial charge is 0.271 e. The Bertz CT molecular complexity index is 346. The van der Waals surface area contributed by atoms with Crippen molar-refractivity contribution < 1.29 is 9.90 Å². The molecule has 0 aromatic carbocycles. The minimum Gasteiger partial charge on any atom is -0.391 e. The van der Waals surface area contributed by atoms with Gasteiger partial charge in [-0.2, -0.15) is 0 Å². The monoisotopic (exact) mass is 212 g/mol. The lowest BCUT2D eigenvalue weighted by atomic mass is 10.2. The van der Waals surface area contributed by atoms with Gasteiger partial charge in [-0.15, -0.1) is 5.10 Å². The number of aromatic nitrogens is 3. The SMILES string of the molecule is CCCc1c(C(N)=O)nnn1CC(C)O. The zero-order valence-corrected chi connectivity index (χ0v) is 8.97. The molecule has 0 radical (unpaired) electrons. The fourth-order valence-corrected chi connectivity index (χ4v) is 1.41. The molecular formula is C9H16N4O2. The van der Waals surface area contributed by atoms with E-state index >= 15 is 0 Å². The normalized spacial score (nSPS) is 12.7. The molecule has 6 nitrogen and oxygen atoms in total. The molecule has 6 heteroatoms. The van der Waals surface area contributed by atoms with Crippen LogP contribution in [0.1, 0.15) is 36.5 Å². The van der Waals surface area contributed by atoms with Gasteiger partial charge >= 0.3 is 0 Å². The van der Waals surface area contributed by atoms with Crippen molar-refractivity contribution in [2.24, 2.45) is 5.73 Å². The maximum absolute atomic E-state index is 11.0. The number of amides is 1. The predicted molar refractivity (Wildman–Crippen MR) is 54.2 cm³/mol. The van der Waals surface area contributed by atoms with E-state index in [9.17, 15) is 9.90 Å². The van der Waals surface area contributed by atoms with E-state index in [1.165, 1.54) is 4.68 Å². The Morgan fingerprint density at radius 1 is 1.67 bits per heavy atom. The van der Waals surface area contributed by atoms with E-state index in [1.54, 1.807) is 6.92 Å². The third-order valence-electron chi connectivity index (χ3n) is 1.99. The van der Waals surface area contributed by atoms with E-state index in [1.807, 2.05) is 6.92 Å². The van der Waals surface area contributed by atoms with Crippen LogP contribution in [0.15, 0.2) is 0 Å². The third kappa shape index (κ3) is 2.76. The second kappa shape index (κ2) is 4.88. The highest BCUT2D eigenvalue weighted by molar-refractivity contribution is 5.91. The second-order valence-electron chi connectivity index (χ2n) is 3.53. The van der Waals surface area contributed by atoms with Gasteiger partial charge in [0.1, 0.15) is 0 Å². The number of aliphatic hydroxyl groups is 1. The predicted octanol–water partition coefficient (Wildman–Crippen LogP) is -0.290. The van der Waals surface area contributed by atoms with Gasteiger partial charge in [0.25, 0.3) is 5.91 Å². The number of hydrogen-bond acceptors (Lipinski definition) is 4. The van der Waals surface area contributed by atoms with Crippen molar-refractivity contribution in [1.82, 2.24) is 15.0 Å². The first-order valence-corrected chi connectivity index (χ1v) is 4.96. The second-order valence-corrected chi connectivity index (χ2v) is 3.53. The maximum Gasteiger partial charge on any atom is 0.271 e. The minimum atomic E-state index is -0.574. The summed E-state index contributed by atoms with van der Waals surface area (Å²) in [5.41, 5.74) is 6.08. The van der Waals surface area contributed by atoms with Crippen LogP contribution >= 0.6 is 0 Å². The molecule has 0 bridgehead atoms. The highest BCUT2D eigenvalue weighted by Crippen LogP contribution is 2.08. The summed E-state index contributed by atoms with van der Waals surface area (Å²) in [6.45, 7) is 3.97. The average Bonchev–Trinajstić information content (AvgIpc) is 2.48. The number of nitrogens with two attached hydrogens (primary N) is 1. The minimum absolute atomic E-state index is 0.206. The summed E-state index contributed by atoms with van der Waals surface area (Å²) in [6, 6.07) is 0. The van der Waals surface area contributed by atoms with Crippen LogP contribution in [0.4, 0.5) is 0 Å². The largest absolute Gasteiger partial charge is 0.391 e. The van der Waals surface area contributed by atoms with Crippen LogP contribution in [0.3, 0.4) is 0 Å². The summed E-state index contributed by atoms with van der Waals surface area (Å²) in [7, 11) is 0. The van der Waals surface area contributed by atoms with E-state index in [4.69, 9.17) is 5.73 Å². The van der Waals surface area contributed by atoms with Crippen LogP contribution < -0.4 is 5.73 Å². The summed E-state index contributed by atoms with van der Waals surface area (Å²) in [4.78, 5) is 11.0. The van der Waals surface area contributed by atoms with E-state index in [0.29, 0.717) is 18.7 Å². The van der Waals surface area contributed by atoms with Crippen LogP contribution in [0.25, 0.3) is 0 Å². The first kappa shape index (κ1) is 11.6. The highest BCUT2D eigenvalue weighted by atomic mass is 16.3. The van der Waals surface area contributed by atoms with Crippen molar-refractivity contribution in [2.45, 2.75) is 39.3 Å². The molecule has 0 aliphatic heterocycles. The van der Waals surface area contributed by atoms with Gasteiger partial charge in [0, 0.05) is 0 Å². The fourth-order valence-electron chi connectivity index (χ4n) is 1.41. The molecule has 0 aliphatic carbocycles. The number of aliphatic hydroxyl groups excluding tert-OH is 1. The molecule has 84 valence electrons. The summed E-state index contributed by atoms with van der Waals surface area (Å²) in [5.74, 6) is -0.574. The molecule has 0 spiro atoms. The van der Waals surface area contributed by atoms with Crippen molar-refractivity contribution in [3.63, 3.8) is 0 Å². The Morgan fingerprint density at radius 2 is 2.33 bits per heavy atom. The number of carbonyl (C=O) groups excluding carboxylic acids is 1. The Balaban J connectivity index is 3.00. The molecule has 1 aromatic rings. The Hall–Kier alpha value is -1.43. The van der Waals surface area contributed by atoms with Gasteiger partial charge in [0.2, 0.25) is 0 Å². The van der Waals surface area contributed by atoms with Crippen LogP contribution in [0.5, 0.6) is 0 Å². The molecule has 15 heavy (non-hydrogen) atoms. The van der Waals surface area contributed by atoms with E-state index < -0.39 is 12.0 Å². The molecule has 1 rings (SSSR count). The Kier molecular flexibility index (Phi) is 3.79. The molecule has 1 aromatic heterocycles. The third-order valence-corrected chi connectivity index (χ3v) is 1.99. The van der Waals surface area contributed by atoms with Gasteiger partial charge in [0.05, 0.1) is 18.3 Å². The lowest BCUT2D eigenvalue weighted by molar-refractivity contribution is 0.0994. The van der Waals surface area contributed by atoms with Gasteiger partial charge in [-0.1, -0.05) is 18.6 Å². The van der Waals surface area contributed by atoms with Crippen molar-refractivity contribution in [2.75, 3.05) is 0 Å². The van der Waals surface area contributed by atoms with E-state index in [0.717, 1.165) is 6.42 Å². The highest BCUT2D eigenvalue weighted by Gasteiger charge is 2.17. The molecule has 0 fully saturated rings. The Morgan fingerprint density at radius 3 is 2.80 bits per heavy atom. The topological polar surface area (TPSA) is 94.0 Å². The molecule has 3 N–H and O–H groups in total. The van der Waals surface area contributed by atoms with Crippen molar-refractivity contribution in [3.05, 3.63) is 11.4 Å². The summed E-state index contributed by atoms with van der Waals surface area (Å²) >= 11 is 0. The van der Waals surface area contributed by atoms with E-state index in [2.05, 4.69) is 10.3 Å². The zero-order valence-electron chi connectivity index (χ0n) is 8.97. The number of hydrogen-bond donors (Lipinski definition) is 2. The lowest BCUT2D eigenvalue weighted by Crippen LogP contribution is -2.18. The van der Waals surface area contributed by atoms with E-state index in [-0.39, 0.29) is 5.69 Å². The molecule has 0 saturated carbocycles. The van der Waals surface area contributed by atoms with Crippen LogP contribution in [0.2, 0.25) is 0 Å². The lowest BCUT2D eigenvalue weighted by Gasteiger charge is -2.07. The summed E-state index contributed by atoms with van der Waals surface area (Å²) < 4.78 is 1.54. The van der Waals surface area contributed by atoms with Crippen LogP contribution in [-0.2, 0) is 13.0 Å². The molecule has 1 amide bonds. The number of carbonyl (C=O) groups is 1. The maximum atomic E-state index is 11.0. The molecule has 0 saturated heterocycles. The quantitative estimate of drug-likeness (QED) is 0.701. The number of nitrogens with zero attached hydrogens (tertiary/aromatic N) is 3. The molecule has 0 aliphatic rings. The number of primary amides is 1. The van der Waals surface area contributed by atoms with Gasteiger partial charge < -0.3 is 10.8 Å². The first-order valence-electron chi connectivity index (χ1n) is 4.96. The van der Waals surface area contributed by atoms with Gasteiger partial charge in [-0.25, -0.2) is 4.68 Å². The Labute approximate surface area is 88.1 Å². The molecule has 1 heterocycles. The van der Waals surface area contributed by atoms with Crippen LogP contribution in [0, 0.1) is 0 Å². The van der Waals surface area contributed by atoms with Gasteiger partial charge in [-0.05, 0) is 13.3 Å². The van der Waals surface area contributed by atoms with Gasteiger partial charge in [-0.3, -0.25) is 4.79 Å². The van der Waals surface area contributed by atoms with Crippen molar-refractivity contribution in [1.29, 1.82) is 0 Å². The average molecular weight is 212 g/mol. The van der Waals surface area contributed by atoms with Crippen molar-refractivity contribution in [3.8, 4) is 0 Å². The summed E-state index contributed by atoms with van der Waals surface area (Å²) in [5, 5.41) is 16.8. The number of rotatable bonds is 5. The molecule has 1 atom stereocenters. The fraction of sp³-hybridized carbons (Fsp3) is 0.667. The zero-order chi connectivity index (χ0) is 11.4. The van der Waals surface area contributed by atoms with Gasteiger partial charge in [0.15, 0.2) is 5.69 Å². The van der Waals surface area contributed by atoms with Crippen molar-refractivity contribution >= 4 is 5.91 Å². The summed E-state index contributed by atoms with van der Waals surface area (Å²) in [6.07, 6.45) is 1.02. The molecule has 1 unspecified atom stereocenters. The molecular weight excluding hydrogens is 196 g/mol.